The van der Waals surface area contributed by atoms with Crippen molar-refractivity contribution in [2.24, 2.45) is 0 Å². The third-order valence-electron chi connectivity index (χ3n) is 5.18. The van der Waals surface area contributed by atoms with Crippen LogP contribution in [-0.4, -0.2) is 50.5 Å². The summed E-state index contributed by atoms with van der Waals surface area (Å²) in [7, 11) is -0.759. The second kappa shape index (κ2) is 11.1. The zero-order valence-electron chi connectivity index (χ0n) is 19.6. The number of sulfonamides is 1. The van der Waals surface area contributed by atoms with Crippen LogP contribution in [0.25, 0.3) is 0 Å². The van der Waals surface area contributed by atoms with Crippen molar-refractivity contribution in [3.63, 3.8) is 0 Å². The van der Waals surface area contributed by atoms with E-state index in [-0.39, 0.29) is 22.8 Å². The van der Waals surface area contributed by atoms with Gasteiger partial charge in [-0.15, -0.1) is 0 Å². The molecule has 0 aliphatic heterocycles. The minimum absolute atomic E-state index is 0.0888. The molecule has 3 rings (SSSR count). The summed E-state index contributed by atoms with van der Waals surface area (Å²) in [4.78, 5) is 25.6. The van der Waals surface area contributed by atoms with Crippen molar-refractivity contribution >= 4 is 21.8 Å². The highest BCUT2D eigenvalue weighted by molar-refractivity contribution is 7.89. The fraction of sp³-hybridized carbons (Fsp3) is 0.200. The van der Waals surface area contributed by atoms with Gasteiger partial charge in [-0.05, 0) is 67.4 Å². The number of nitrogens with zero attached hydrogens (tertiary/aromatic N) is 1. The molecule has 0 aromatic heterocycles. The first-order valence-corrected chi connectivity index (χ1v) is 12.2. The Kier molecular flexibility index (Phi) is 8.23. The maximum absolute atomic E-state index is 12.9. The van der Waals surface area contributed by atoms with Crippen molar-refractivity contribution in [2.45, 2.75) is 24.3 Å². The molecule has 0 heterocycles. The first kappa shape index (κ1) is 25.9. The van der Waals surface area contributed by atoms with Crippen molar-refractivity contribution in [1.82, 2.24) is 15.1 Å². The van der Waals surface area contributed by atoms with Crippen molar-refractivity contribution in [3.05, 3.63) is 89.5 Å². The van der Waals surface area contributed by atoms with Gasteiger partial charge in [-0.2, -0.15) is 4.72 Å². The van der Waals surface area contributed by atoms with Crippen molar-refractivity contribution in [1.29, 1.82) is 0 Å². The number of carbonyl (C=O) groups is 2. The van der Waals surface area contributed by atoms with E-state index in [1.807, 2.05) is 6.92 Å². The van der Waals surface area contributed by atoms with Crippen molar-refractivity contribution in [3.8, 4) is 11.5 Å². The van der Waals surface area contributed by atoms with Crippen LogP contribution in [0.15, 0.2) is 77.7 Å². The van der Waals surface area contributed by atoms with Gasteiger partial charge in [-0.25, -0.2) is 13.9 Å². The van der Waals surface area contributed by atoms with Crippen LogP contribution in [0.3, 0.4) is 0 Å². The lowest BCUT2D eigenvalue weighted by Gasteiger charge is -2.22. The summed E-state index contributed by atoms with van der Waals surface area (Å²) < 4.78 is 34.0. The molecule has 0 fully saturated rings. The fourth-order valence-corrected chi connectivity index (χ4v) is 4.46. The first-order chi connectivity index (χ1) is 16.6. The lowest BCUT2D eigenvalue weighted by atomic mass is 10.1. The Bertz CT molecular complexity index is 1270. The SMILES string of the molecule is Cc1ccc(S(=O)(=O)NC(Cc2ccc(Oc3ccc(C(=O)NO)cc3)cc2)C(=O)N(C)C)cc1. The largest absolute Gasteiger partial charge is 0.457 e. The summed E-state index contributed by atoms with van der Waals surface area (Å²) in [6.45, 7) is 1.86. The lowest BCUT2D eigenvalue weighted by Crippen LogP contribution is -2.47. The standard InChI is InChI=1S/C25H27N3O6S/c1-17-4-14-22(15-5-17)35(32,33)27-23(25(30)28(2)3)16-18-6-10-20(11-7-18)34-21-12-8-19(9-13-21)24(29)26-31/h4-15,23,27,31H,16H2,1-3H3,(H,26,29). The van der Waals surface area contributed by atoms with E-state index in [2.05, 4.69) is 4.72 Å². The van der Waals surface area contributed by atoms with Crippen molar-refractivity contribution < 1.29 is 28.0 Å². The Hall–Kier alpha value is -3.73. The van der Waals surface area contributed by atoms with Crippen LogP contribution in [0.2, 0.25) is 0 Å². The van der Waals surface area contributed by atoms with E-state index in [4.69, 9.17) is 9.94 Å². The van der Waals surface area contributed by atoms with Gasteiger partial charge in [0.2, 0.25) is 15.9 Å². The summed E-state index contributed by atoms with van der Waals surface area (Å²) in [5.74, 6) is 0.0105. The number of hydrogen-bond donors (Lipinski definition) is 3. The molecule has 3 N–H and O–H groups in total. The molecule has 3 aromatic carbocycles. The van der Waals surface area contributed by atoms with Crippen LogP contribution in [-0.2, 0) is 21.2 Å². The van der Waals surface area contributed by atoms with Crippen LogP contribution in [0.5, 0.6) is 11.5 Å². The van der Waals surface area contributed by atoms with E-state index in [0.29, 0.717) is 11.5 Å². The maximum Gasteiger partial charge on any atom is 0.274 e. The second-order valence-electron chi connectivity index (χ2n) is 8.14. The molecule has 184 valence electrons. The minimum atomic E-state index is -3.90. The molecule has 2 amide bonds. The highest BCUT2D eigenvalue weighted by atomic mass is 32.2. The van der Waals surface area contributed by atoms with Gasteiger partial charge < -0.3 is 9.64 Å². The number of carbonyl (C=O) groups excluding carboxylic acids is 2. The highest BCUT2D eigenvalue weighted by Crippen LogP contribution is 2.23. The van der Waals surface area contributed by atoms with Crippen LogP contribution in [0.4, 0.5) is 0 Å². The van der Waals surface area contributed by atoms with Crippen LogP contribution in [0, 0.1) is 6.92 Å². The topological polar surface area (TPSA) is 125 Å². The highest BCUT2D eigenvalue weighted by Gasteiger charge is 2.27. The van der Waals surface area contributed by atoms with Crippen LogP contribution >= 0.6 is 0 Å². The summed E-state index contributed by atoms with van der Waals surface area (Å²) in [5, 5.41) is 8.68. The fourth-order valence-electron chi connectivity index (χ4n) is 3.27. The number of hydrogen-bond acceptors (Lipinski definition) is 6. The maximum atomic E-state index is 12.9. The molecule has 9 nitrogen and oxygen atoms in total. The number of nitrogens with one attached hydrogen (secondary N) is 2. The molecule has 0 saturated carbocycles. The number of likely N-dealkylation sites (N-methyl/N-ethyl adjacent to an activating group) is 1. The molecular weight excluding hydrogens is 470 g/mol. The number of amides is 2. The molecule has 0 spiro atoms. The first-order valence-electron chi connectivity index (χ1n) is 10.7. The Morgan fingerprint density at radius 1 is 0.914 bits per heavy atom. The molecule has 0 aliphatic carbocycles. The molecule has 0 bridgehead atoms. The van der Waals surface area contributed by atoms with Gasteiger partial charge in [0.05, 0.1) is 4.90 Å². The average Bonchev–Trinajstić information content (AvgIpc) is 2.84. The predicted octanol–water partition coefficient (Wildman–Crippen LogP) is 2.88. The van der Waals surface area contributed by atoms with Gasteiger partial charge >= 0.3 is 0 Å². The monoisotopic (exact) mass is 497 g/mol. The number of benzene rings is 3. The van der Waals surface area contributed by atoms with Gasteiger partial charge in [0.1, 0.15) is 17.5 Å². The lowest BCUT2D eigenvalue weighted by molar-refractivity contribution is -0.130. The van der Waals surface area contributed by atoms with E-state index in [1.165, 1.54) is 29.2 Å². The van der Waals surface area contributed by atoms with Gasteiger partial charge in [-0.1, -0.05) is 29.8 Å². The normalized spacial score (nSPS) is 12.0. The Morgan fingerprint density at radius 2 is 1.46 bits per heavy atom. The van der Waals surface area contributed by atoms with Gasteiger partial charge in [0.15, 0.2) is 0 Å². The summed E-state index contributed by atoms with van der Waals surface area (Å²) in [6.07, 6.45) is 0.146. The van der Waals surface area contributed by atoms with Crippen LogP contribution < -0.4 is 14.9 Å². The molecule has 1 atom stereocenters. The second-order valence-corrected chi connectivity index (χ2v) is 9.85. The quantitative estimate of drug-likeness (QED) is 0.308. The number of hydroxylamine groups is 1. The van der Waals surface area contributed by atoms with E-state index < -0.39 is 22.0 Å². The third-order valence-corrected chi connectivity index (χ3v) is 6.67. The van der Waals surface area contributed by atoms with Gasteiger partial charge in [-0.3, -0.25) is 14.8 Å². The van der Waals surface area contributed by atoms with Crippen LogP contribution in [0.1, 0.15) is 21.5 Å². The molecule has 0 saturated heterocycles. The molecule has 10 heteroatoms. The number of rotatable bonds is 9. The Balaban J connectivity index is 1.73. The summed E-state index contributed by atoms with van der Waals surface area (Å²) in [6, 6.07) is 18.5. The minimum Gasteiger partial charge on any atom is -0.457 e. The third kappa shape index (κ3) is 6.89. The number of aryl methyl sites for hydroxylation is 1. The van der Waals surface area contributed by atoms with Crippen molar-refractivity contribution in [2.75, 3.05) is 14.1 Å². The van der Waals surface area contributed by atoms with E-state index in [0.717, 1.165) is 11.1 Å². The smallest absolute Gasteiger partial charge is 0.274 e. The van der Waals surface area contributed by atoms with E-state index in [9.17, 15) is 18.0 Å². The molecule has 0 radical (unpaired) electrons. The zero-order chi connectivity index (χ0) is 25.6. The number of ether oxygens (including phenoxy) is 1. The zero-order valence-corrected chi connectivity index (χ0v) is 20.4. The molecular formula is C25H27N3O6S. The molecule has 3 aromatic rings. The average molecular weight is 498 g/mol. The summed E-state index contributed by atoms with van der Waals surface area (Å²) in [5.41, 5.74) is 3.51. The molecule has 35 heavy (non-hydrogen) atoms. The Morgan fingerprint density at radius 3 is 1.97 bits per heavy atom. The van der Waals surface area contributed by atoms with E-state index >= 15 is 0 Å². The molecule has 1 unspecified atom stereocenters. The van der Waals surface area contributed by atoms with E-state index in [1.54, 1.807) is 68.1 Å². The predicted molar refractivity (Wildman–Crippen MR) is 130 cm³/mol. The Labute approximate surface area is 204 Å². The summed E-state index contributed by atoms with van der Waals surface area (Å²) >= 11 is 0. The van der Waals surface area contributed by atoms with Gasteiger partial charge in [0, 0.05) is 19.7 Å². The van der Waals surface area contributed by atoms with Gasteiger partial charge in [0.25, 0.3) is 5.91 Å². The molecule has 0 aliphatic rings.